The van der Waals surface area contributed by atoms with Gasteiger partial charge < -0.3 is 9.84 Å². The fourth-order valence-corrected chi connectivity index (χ4v) is 3.53. The highest BCUT2D eigenvalue weighted by Crippen LogP contribution is 2.24. The molecule has 6 nitrogen and oxygen atoms in total. The molecule has 0 saturated carbocycles. The molecule has 1 N–H and O–H groups in total. The summed E-state index contributed by atoms with van der Waals surface area (Å²) in [5, 5.41) is 14.9. The lowest BCUT2D eigenvalue weighted by Gasteiger charge is -2.19. The summed E-state index contributed by atoms with van der Waals surface area (Å²) in [6.45, 7) is 7.93. The average molecular weight is 443 g/mol. The van der Waals surface area contributed by atoms with Crippen molar-refractivity contribution in [3.05, 3.63) is 27.5 Å². The molecule has 1 aromatic heterocycles. The zero-order valence-corrected chi connectivity index (χ0v) is 16.3. The maximum atomic E-state index is 12.3. The molecule has 1 atom stereocenters. The van der Waals surface area contributed by atoms with Gasteiger partial charge in [-0.1, -0.05) is 6.07 Å². The first kappa shape index (κ1) is 17.6. The van der Waals surface area contributed by atoms with Gasteiger partial charge in [0.05, 0.1) is 11.6 Å². The van der Waals surface area contributed by atoms with E-state index < -0.39 is 11.7 Å². The van der Waals surface area contributed by atoms with Crippen molar-refractivity contribution in [3.8, 4) is 0 Å². The molecule has 0 radical (unpaired) electrons. The second-order valence-corrected chi connectivity index (χ2v) is 8.23. The van der Waals surface area contributed by atoms with E-state index in [0.29, 0.717) is 6.54 Å². The lowest BCUT2D eigenvalue weighted by molar-refractivity contribution is 0.0522. The van der Waals surface area contributed by atoms with Gasteiger partial charge in [-0.05, 0) is 67.5 Å². The standard InChI is InChI=1S/C17H22IN3O3/c1-17(2,3)24-16(23)21-14-5-4-11(8-13(14)15(18)19-21)9-20-7-6-12(22)10-20/h4-5,8,12,22H,6-7,9-10H2,1-3H3/t12-/m1/s1. The number of nitrogens with zero attached hydrogens (tertiary/aromatic N) is 3. The number of carbonyl (C=O) groups excluding carboxylic acids is 1. The second kappa shape index (κ2) is 6.61. The molecule has 24 heavy (non-hydrogen) atoms. The van der Waals surface area contributed by atoms with E-state index in [0.717, 1.165) is 39.7 Å². The number of rotatable bonds is 2. The summed E-state index contributed by atoms with van der Waals surface area (Å²) < 4.78 is 7.52. The molecule has 0 spiro atoms. The van der Waals surface area contributed by atoms with Crippen LogP contribution < -0.4 is 0 Å². The minimum Gasteiger partial charge on any atom is -0.442 e. The predicted octanol–water partition coefficient (Wildman–Crippen LogP) is 2.99. The van der Waals surface area contributed by atoms with Gasteiger partial charge in [0, 0.05) is 25.0 Å². The van der Waals surface area contributed by atoms with Gasteiger partial charge in [0.15, 0.2) is 0 Å². The molecule has 0 bridgehead atoms. The Balaban J connectivity index is 1.86. The van der Waals surface area contributed by atoms with Crippen LogP contribution in [0.5, 0.6) is 0 Å². The number of hydrogen-bond acceptors (Lipinski definition) is 5. The van der Waals surface area contributed by atoms with E-state index in [1.54, 1.807) is 0 Å². The van der Waals surface area contributed by atoms with Crippen molar-refractivity contribution in [1.29, 1.82) is 0 Å². The van der Waals surface area contributed by atoms with Crippen LogP contribution in [0.2, 0.25) is 0 Å². The van der Waals surface area contributed by atoms with Crippen molar-refractivity contribution in [1.82, 2.24) is 14.7 Å². The zero-order chi connectivity index (χ0) is 17.5. The molecule has 0 amide bonds. The Bertz CT molecular complexity index is 766. The molecule has 2 aromatic rings. The van der Waals surface area contributed by atoms with Crippen molar-refractivity contribution >= 4 is 39.6 Å². The summed E-state index contributed by atoms with van der Waals surface area (Å²) in [5.74, 6) is 0. The highest BCUT2D eigenvalue weighted by molar-refractivity contribution is 14.1. The van der Waals surface area contributed by atoms with Crippen LogP contribution in [0.15, 0.2) is 18.2 Å². The molecule has 1 aliphatic rings. The average Bonchev–Trinajstić information content (AvgIpc) is 3.01. The zero-order valence-electron chi connectivity index (χ0n) is 14.1. The maximum absolute atomic E-state index is 12.3. The molecule has 0 aliphatic carbocycles. The number of carbonyl (C=O) groups is 1. The Labute approximate surface area is 154 Å². The van der Waals surface area contributed by atoms with Crippen LogP contribution >= 0.6 is 22.6 Å². The van der Waals surface area contributed by atoms with Gasteiger partial charge in [-0.25, -0.2) is 4.79 Å². The molecular weight excluding hydrogens is 421 g/mol. The molecule has 1 aromatic carbocycles. The smallest absolute Gasteiger partial charge is 0.435 e. The number of benzene rings is 1. The Morgan fingerprint density at radius 1 is 1.46 bits per heavy atom. The number of aliphatic hydroxyl groups excluding tert-OH is 1. The van der Waals surface area contributed by atoms with E-state index in [4.69, 9.17) is 4.74 Å². The summed E-state index contributed by atoms with van der Waals surface area (Å²) in [6, 6.07) is 5.98. The largest absolute Gasteiger partial charge is 0.442 e. The monoisotopic (exact) mass is 443 g/mol. The highest BCUT2D eigenvalue weighted by atomic mass is 127. The van der Waals surface area contributed by atoms with Crippen molar-refractivity contribution in [2.24, 2.45) is 0 Å². The molecule has 0 unspecified atom stereocenters. The summed E-state index contributed by atoms with van der Waals surface area (Å²) >= 11 is 2.14. The fraction of sp³-hybridized carbons (Fsp3) is 0.529. The number of aromatic nitrogens is 2. The van der Waals surface area contributed by atoms with Crippen LogP contribution in [0.1, 0.15) is 32.8 Å². The SMILES string of the molecule is CC(C)(C)OC(=O)n1nc(I)c2cc(CN3CC[C@@H](O)C3)ccc21. The van der Waals surface area contributed by atoms with Crippen LogP contribution in [0.25, 0.3) is 10.9 Å². The van der Waals surface area contributed by atoms with Crippen molar-refractivity contribution < 1.29 is 14.6 Å². The minimum atomic E-state index is -0.558. The van der Waals surface area contributed by atoms with E-state index in [2.05, 4.69) is 38.7 Å². The molecule has 2 heterocycles. The summed E-state index contributed by atoms with van der Waals surface area (Å²) in [7, 11) is 0. The van der Waals surface area contributed by atoms with E-state index in [-0.39, 0.29) is 6.10 Å². The number of β-amino-alcohol motifs (C(OH)–C–C–N with tert-alkyl or cyclic N) is 1. The third-order valence-electron chi connectivity index (χ3n) is 3.92. The Morgan fingerprint density at radius 3 is 2.83 bits per heavy atom. The minimum absolute atomic E-state index is 0.219. The summed E-state index contributed by atoms with van der Waals surface area (Å²) in [4.78, 5) is 14.6. The molecule has 3 rings (SSSR count). The topological polar surface area (TPSA) is 67.6 Å². The first-order valence-corrected chi connectivity index (χ1v) is 9.12. The van der Waals surface area contributed by atoms with Crippen LogP contribution in [-0.2, 0) is 11.3 Å². The van der Waals surface area contributed by atoms with Gasteiger partial charge in [-0.2, -0.15) is 9.78 Å². The molecule has 130 valence electrons. The normalized spacial score (nSPS) is 19.1. The Hall–Kier alpha value is -1.19. The van der Waals surface area contributed by atoms with Crippen LogP contribution in [-0.4, -0.2) is 50.7 Å². The van der Waals surface area contributed by atoms with Crippen molar-refractivity contribution in [2.45, 2.75) is 45.4 Å². The number of ether oxygens (including phenoxy) is 1. The Morgan fingerprint density at radius 2 is 2.21 bits per heavy atom. The van der Waals surface area contributed by atoms with Crippen LogP contribution in [0.3, 0.4) is 0 Å². The molecule has 7 heteroatoms. The summed E-state index contributed by atoms with van der Waals surface area (Å²) in [6.07, 6.45) is 0.144. The third kappa shape index (κ3) is 3.89. The third-order valence-corrected chi connectivity index (χ3v) is 4.72. The predicted molar refractivity (Wildman–Crippen MR) is 100.0 cm³/mol. The van der Waals surface area contributed by atoms with Gasteiger partial charge >= 0.3 is 6.09 Å². The van der Waals surface area contributed by atoms with Crippen molar-refractivity contribution in [3.63, 3.8) is 0 Å². The number of hydrogen-bond donors (Lipinski definition) is 1. The second-order valence-electron chi connectivity index (χ2n) is 7.21. The molecular formula is C17H22IN3O3. The lowest BCUT2D eigenvalue weighted by Crippen LogP contribution is -2.27. The number of halogens is 1. The van der Waals surface area contributed by atoms with E-state index >= 15 is 0 Å². The quantitative estimate of drug-likeness (QED) is 0.724. The van der Waals surface area contributed by atoms with Crippen molar-refractivity contribution in [2.75, 3.05) is 13.1 Å². The summed E-state index contributed by atoms with van der Waals surface area (Å²) in [5.41, 5.74) is 1.34. The number of likely N-dealkylation sites (tertiary alicyclic amines) is 1. The van der Waals surface area contributed by atoms with Gasteiger partial charge in [-0.15, -0.1) is 0 Å². The van der Waals surface area contributed by atoms with E-state index in [1.807, 2.05) is 32.9 Å². The first-order chi connectivity index (χ1) is 11.2. The van der Waals surface area contributed by atoms with Gasteiger partial charge in [0.2, 0.25) is 0 Å². The van der Waals surface area contributed by atoms with Gasteiger partial charge in [0.25, 0.3) is 0 Å². The van der Waals surface area contributed by atoms with Crippen LogP contribution in [0.4, 0.5) is 4.79 Å². The maximum Gasteiger partial charge on any atom is 0.435 e. The molecule has 1 aliphatic heterocycles. The van der Waals surface area contributed by atoms with Crippen LogP contribution in [0, 0.1) is 3.70 Å². The number of fused-ring (bicyclic) bond motifs is 1. The lowest BCUT2D eigenvalue weighted by atomic mass is 10.1. The number of aliphatic hydroxyl groups is 1. The first-order valence-electron chi connectivity index (χ1n) is 8.04. The molecule has 1 saturated heterocycles. The van der Waals surface area contributed by atoms with E-state index in [1.165, 1.54) is 4.68 Å². The van der Waals surface area contributed by atoms with E-state index in [9.17, 15) is 9.90 Å². The van der Waals surface area contributed by atoms with Gasteiger partial charge in [0.1, 0.15) is 9.30 Å². The highest BCUT2D eigenvalue weighted by Gasteiger charge is 2.23. The van der Waals surface area contributed by atoms with Gasteiger partial charge in [-0.3, -0.25) is 4.90 Å². The molecule has 1 fully saturated rings. The Kier molecular flexibility index (Phi) is 4.85. The fourth-order valence-electron chi connectivity index (χ4n) is 2.89.